The molecule has 0 aromatic carbocycles. The van der Waals surface area contributed by atoms with Crippen LogP contribution in [0.25, 0.3) is 0 Å². The zero-order chi connectivity index (χ0) is 25.7. The van der Waals surface area contributed by atoms with Crippen LogP contribution in [0.3, 0.4) is 0 Å². The minimum atomic E-state index is -1.01. The summed E-state index contributed by atoms with van der Waals surface area (Å²) in [6.07, 6.45) is 16.0. The smallest absolute Gasteiger partial charge is 0.0991 e. The Morgan fingerprint density at radius 2 is 1.30 bits per heavy atom. The second kappa shape index (κ2) is 15.7. The molecule has 33 heavy (non-hydrogen) atoms. The summed E-state index contributed by atoms with van der Waals surface area (Å²) in [5.41, 5.74) is 5.21. The van der Waals surface area contributed by atoms with Gasteiger partial charge in [-0.15, -0.1) is 0 Å². The highest BCUT2D eigenvalue weighted by atomic mass is 28.3. The Balaban J connectivity index is 4.40. The Bertz CT molecular complexity index is 732. The van der Waals surface area contributed by atoms with Gasteiger partial charge < -0.3 is 5.11 Å². The molecule has 0 rings (SSSR count). The van der Waals surface area contributed by atoms with Crippen LogP contribution >= 0.6 is 0 Å². The van der Waals surface area contributed by atoms with Crippen LogP contribution in [0.1, 0.15) is 99.8 Å². The van der Waals surface area contributed by atoms with Crippen molar-refractivity contribution in [3.63, 3.8) is 0 Å². The summed E-state index contributed by atoms with van der Waals surface area (Å²) in [7, 11) is -1.01. The maximum Gasteiger partial charge on any atom is 0.0991 e. The first-order chi connectivity index (χ1) is 15.1. The van der Waals surface area contributed by atoms with Gasteiger partial charge in [-0.3, -0.25) is 0 Å². The quantitative estimate of drug-likeness (QED) is 0.184. The Morgan fingerprint density at radius 3 is 1.82 bits per heavy atom. The van der Waals surface area contributed by atoms with E-state index in [-0.39, 0.29) is 5.83 Å². The van der Waals surface area contributed by atoms with E-state index in [1.807, 2.05) is 20.8 Å². The van der Waals surface area contributed by atoms with Crippen molar-refractivity contribution in [2.24, 2.45) is 0 Å². The van der Waals surface area contributed by atoms with Gasteiger partial charge in [-0.05, 0) is 111 Å². The first-order valence-electron chi connectivity index (χ1n) is 12.8. The highest BCUT2D eigenvalue weighted by Crippen LogP contribution is 2.26. The normalized spacial score (nSPS) is 14.7. The molecule has 1 nitrogen and oxygen atoms in total. The van der Waals surface area contributed by atoms with Crippen LogP contribution in [-0.4, -0.2) is 18.8 Å². The fourth-order valence-corrected chi connectivity index (χ4v) is 4.76. The monoisotopic (exact) mass is 476 g/mol. The third kappa shape index (κ3) is 17.0. The van der Waals surface area contributed by atoms with E-state index in [4.69, 9.17) is 0 Å². The van der Waals surface area contributed by atoms with Gasteiger partial charge in [-0.25, -0.2) is 4.39 Å². The molecule has 1 N–H and O–H groups in total. The molecule has 0 spiro atoms. The summed E-state index contributed by atoms with van der Waals surface area (Å²) >= 11 is 0. The first kappa shape index (κ1) is 31.8. The molecule has 0 aliphatic heterocycles. The third-order valence-corrected chi connectivity index (χ3v) is 7.51. The van der Waals surface area contributed by atoms with Gasteiger partial charge in [-0.1, -0.05) is 60.7 Å². The van der Waals surface area contributed by atoms with E-state index >= 15 is 0 Å². The van der Waals surface area contributed by atoms with Gasteiger partial charge in [0.15, 0.2) is 0 Å². The lowest BCUT2D eigenvalue weighted by Gasteiger charge is -2.24. The van der Waals surface area contributed by atoms with Gasteiger partial charge in [0.2, 0.25) is 0 Å². The molecule has 0 aliphatic carbocycles. The Labute approximate surface area is 206 Å². The second-order valence-corrected chi connectivity index (χ2v) is 17.2. The summed E-state index contributed by atoms with van der Waals surface area (Å²) in [5, 5.41) is 10.3. The fourth-order valence-electron chi connectivity index (χ4n) is 3.89. The van der Waals surface area contributed by atoms with Crippen molar-refractivity contribution >= 4 is 8.07 Å². The number of hydrogen-bond acceptors (Lipinski definition) is 1. The molecule has 0 bridgehead atoms. The van der Waals surface area contributed by atoms with Crippen molar-refractivity contribution in [3.8, 4) is 0 Å². The predicted octanol–water partition coefficient (Wildman–Crippen LogP) is 10.2. The molecular weight excluding hydrogens is 423 g/mol. The molecule has 0 amide bonds. The van der Waals surface area contributed by atoms with E-state index in [1.165, 1.54) is 22.8 Å². The Hall–Kier alpha value is -1.19. The van der Waals surface area contributed by atoms with E-state index in [0.29, 0.717) is 6.42 Å². The number of allylic oxidation sites excluding steroid dienone is 9. The van der Waals surface area contributed by atoms with Crippen LogP contribution in [0.15, 0.2) is 58.0 Å². The molecule has 0 unspecified atom stereocenters. The van der Waals surface area contributed by atoms with Crippen LogP contribution in [-0.2, 0) is 0 Å². The van der Waals surface area contributed by atoms with Crippen LogP contribution in [0, 0.1) is 0 Å². The fraction of sp³-hybridized carbons (Fsp3) is 0.667. The van der Waals surface area contributed by atoms with E-state index in [0.717, 1.165) is 56.1 Å². The molecule has 0 aliphatic rings. The Kier molecular flexibility index (Phi) is 15.1. The maximum atomic E-state index is 14.4. The summed E-state index contributed by atoms with van der Waals surface area (Å²) < 4.78 is 14.4. The van der Waals surface area contributed by atoms with E-state index < -0.39 is 13.7 Å². The summed E-state index contributed by atoms with van der Waals surface area (Å²) in [5.74, 6) is 0.0651. The van der Waals surface area contributed by atoms with Crippen molar-refractivity contribution in [3.05, 3.63) is 58.0 Å². The molecular formula is C30H53FOSi. The molecule has 0 saturated carbocycles. The molecule has 0 atom stereocenters. The predicted molar refractivity (Wildman–Crippen MR) is 150 cm³/mol. The zero-order valence-corrected chi connectivity index (χ0v) is 24.5. The number of rotatable bonds is 15. The van der Waals surface area contributed by atoms with Crippen molar-refractivity contribution < 1.29 is 9.50 Å². The number of halogens is 1. The molecule has 0 heterocycles. The van der Waals surface area contributed by atoms with Gasteiger partial charge in [0.1, 0.15) is 0 Å². The first-order valence-corrected chi connectivity index (χ1v) is 16.5. The lowest BCUT2D eigenvalue weighted by Crippen LogP contribution is -2.23. The number of aliphatic hydroxyl groups is 1. The van der Waals surface area contributed by atoms with Crippen LogP contribution in [0.5, 0.6) is 0 Å². The van der Waals surface area contributed by atoms with E-state index in [2.05, 4.69) is 71.6 Å². The van der Waals surface area contributed by atoms with E-state index in [1.54, 1.807) is 0 Å². The van der Waals surface area contributed by atoms with Gasteiger partial charge in [0.05, 0.1) is 11.4 Å². The lowest BCUT2D eigenvalue weighted by atomic mass is 9.89. The minimum Gasteiger partial charge on any atom is -0.386 e. The molecule has 0 aromatic heterocycles. The molecule has 0 radical (unpaired) electrons. The summed E-state index contributed by atoms with van der Waals surface area (Å²) in [6.45, 7) is 21.3. The van der Waals surface area contributed by atoms with Crippen molar-refractivity contribution in [1.29, 1.82) is 0 Å². The molecule has 0 saturated heterocycles. The standard InChI is InChI=1S/C30H53FOSi/c1-24(2)28(30(6,7)32)22-21-26(4)17-14-16-25(3)18-15-20-29(31)27(5)19-12-11-13-23-33(8,9)10/h11,13,17-18,32H,12,14-16,19-23H2,1-10H3/b13-11-,25-18+,26-17+,29-27-. The van der Waals surface area contributed by atoms with E-state index in [9.17, 15) is 9.50 Å². The van der Waals surface area contributed by atoms with Gasteiger partial charge in [0, 0.05) is 14.5 Å². The summed E-state index contributed by atoms with van der Waals surface area (Å²) in [4.78, 5) is 0. The minimum absolute atomic E-state index is 0.0651. The molecule has 0 aromatic rings. The van der Waals surface area contributed by atoms with Crippen LogP contribution in [0.4, 0.5) is 4.39 Å². The third-order valence-electron chi connectivity index (χ3n) is 6.05. The second-order valence-electron chi connectivity index (χ2n) is 11.7. The molecule has 0 fully saturated rings. The zero-order valence-electron chi connectivity index (χ0n) is 23.5. The van der Waals surface area contributed by atoms with Crippen LogP contribution in [0.2, 0.25) is 25.7 Å². The topological polar surface area (TPSA) is 20.2 Å². The lowest BCUT2D eigenvalue weighted by molar-refractivity contribution is 0.114. The van der Waals surface area contributed by atoms with Crippen molar-refractivity contribution in [2.45, 2.75) is 131 Å². The molecule has 190 valence electrons. The van der Waals surface area contributed by atoms with Gasteiger partial charge in [-0.2, -0.15) is 0 Å². The average molecular weight is 477 g/mol. The Morgan fingerprint density at radius 1 is 0.758 bits per heavy atom. The van der Waals surface area contributed by atoms with Crippen molar-refractivity contribution in [1.82, 2.24) is 0 Å². The maximum absolute atomic E-state index is 14.4. The highest BCUT2D eigenvalue weighted by Gasteiger charge is 2.19. The highest BCUT2D eigenvalue weighted by molar-refractivity contribution is 6.76. The summed E-state index contributed by atoms with van der Waals surface area (Å²) in [6, 6.07) is 1.20. The number of hydrogen-bond donors (Lipinski definition) is 1. The molecule has 3 heteroatoms. The van der Waals surface area contributed by atoms with Crippen molar-refractivity contribution in [2.75, 3.05) is 0 Å². The van der Waals surface area contributed by atoms with Gasteiger partial charge >= 0.3 is 0 Å². The van der Waals surface area contributed by atoms with Gasteiger partial charge in [0.25, 0.3) is 0 Å². The van der Waals surface area contributed by atoms with Crippen LogP contribution < -0.4 is 0 Å². The SMILES string of the molecule is CC(C)=C(CC/C(C)=C/CC/C(C)=C/CC/C(F)=C(\C)CC/C=C\C[Si](C)(C)C)C(C)(C)O. The largest absolute Gasteiger partial charge is 0.386 e. The average Bonchev–Trinajstić information content (AvgIpc) is 2.65.